The number of carbonyl (C=O) groups is 4. The fraction of sp³-hybridized carbons (Fsp3) is 0.545. The van der Waals surface area contributed by atoms with E-state index in [1.807, 2.05) is 0 Å². The van der Waals surface area contributed by atoms with Gasteiger partial charge in [-0.3, -0.25) is 14.4 Å². The second kappa shape index (κ2) is 7.71. The predicted molar refractivity (Wildman–Crippen MR) is 106 cm³/mol. The number of aliphatic hydroxyl groups is 1. The van der Waals surface area contributed by atoms with Gasteiger partial charge >= 0.3 is 6.09 Å². The molecule has 1 aliphatic rings. The van der Waals surface area contributed by atoms with Crippen LogP contribution in [0.2, 0.25) is 0 Å². The summed E-state index contributed by atoms with van der Waals surface area (Å²) in [5, 5.41) is 10.8. The standard InChI is InChI=1S/C22H29NO6/c1-7-22(6,28)15-16(24)21(5,13-14-11-9-8-10-12-14)18(26)23(17(15)25)19(27)29-20(2,3)4/h8-12,15,28H,7,13H2,1-6H3. The molecule has 3 amide bonds. The fourth-order valence-electron chi connectivity index (χ4n) is 3.41. The Balaban J connectivity index is 2.58. The molecule has 1 saturated heterocycles. The third-order valence-corrected chi connectivity index (χ3v) is 5.26. The molecule has 3 unspecified atom stereocenters. The molecule has 1 N–H and O–H groups in total. The van der Waals surface area contributed by atoms with Crippen molar-refractivity contribution in [3.63, 3.8) is 0 Å². The van der Waals surface area contributed by atoms with Gasteiger partial charge in [0.25, 0.3) is 11.8 Å². The van der Waals surface area contributed by atoms with Crippen molar-refractivity contribution in [2.45, 2.75) is 65.6 Å². The lowest BCUT2D eigenvalue weighted by molar-refractivity contribution is -0.172. The number of hydrogen-bond donors (Lipinski definition) is 1. The number of rotatable bonds is 4. The zero-order chi connectivity index (χ0) is 22.2. The molecule has 1 aliphatic heterocycles. The number of piperidine rings is 1. The van der Waals surface area contributed by atoms with Gasteiger partial charge in [-0.2, -0.15) is 4.90 Å². The monoisotopic (exact) mass is 403 g/mol. The van der Waals surface area contributed by atoms with E-state index < -0.39 is 46.2 Å². The van der Waals surface area contributed by atoms with Gasteiger partial charge in [-0.15, -0.1) is 0 Å². The number of hydrogen-bond acceptors (Lipinski definition) is 6. The van der Waals surface area contributed by atoms with Gasteiger partial charge in [0, 0.05) is 0 Å². The van der Waals surface area contributed by atoms with Crippen molar-refractivity contribution in [3.8, 4) is 0 Å². The van der Waals surface area contributed by atoms with E-state index in [1.165, 1.54) is 13.8 Å². The molecule has 3 atom stereocenters. The molecule has 158 valence electrons. The van der Waals surface area contributed by atoms with Crippen LogP contribution in [-0.2, 0) is 25.5 Å². The first-order valence-corrected chi connectivity index (χ1v) is 9.66. The van der Waals surface area contributed by atoms with Crippen LogP contribution in [0.25, 0.3) is 0 Å². The van der Waals surface area contributed by atoms with Gasteiger partial charge in [0.2, 0.25) is 0 Å². The number of imide groups is 3. The van der Waals surface area contributed by atoms with E-state index in [2.05, 4.69) is 0 Å². The van der Waals surface area contributed by atoms with E-state index in [9.17, 15) is 24.3 Å². The number of likely N-dealkylation sites (tertiary alicyclic amines) is 1. The number of benzene rings is 1. The zero-order valence-corrected chi connectivity index (χ0v) is 17.8. The van der Waals surface area contributed by atoms with Crippen LogP contribution in [0.5, 0.6) is 0 Å². The average Bonchev–Trinajstić information content (AvgIpc) is 2.59. The van der Waals surface area contributed by atoms with Gasteiger partial charge < -0.3 is 9.84 Å². The lowest BCUT2D eigenvalue weighted by atomic mass is 9.66. The van der Waals surface area contributed by atoms with E-state index in [0.717, 1.165) is 0 Å². The summed E-state index contributed by atoms with van der Waals surface area (Å²) in [7, 11) is 0. The van der Waals surface area contributed by atoms with Crippen LogP contribution >= 0.6 is 0 Å². The molecule has 7 heteroatoms. The molecule has 1 aromatic carbocycles. The maximum absolute atomic E-state index is 13.4. The summed E-state index contributed by atoms with van der Waals surface area (Å²) in [6, 6.07) is 8.86. The Kier molecular flexibility index (Phi) is 6.04. The molecule has 0 saturated carbocycles. The molecular weight excluding hydrogens is 374 g/mol. The third-order valence-electron chi connectivity index (χ3n) is 5.26. The highest BCUT2D eigenvalue weighted by Crippen LogP contribution is 2.40. The summed E-state index contributed by atoms with van der Waals surface area (Å²) >= 11 is 0. The quantitative estimate of drug-likeness (QED) is 0.613. The van der Waals surface area contributed by atoms with Gasteiger partial charge in [-0.05, 0) is 53.0 Å². The molecule has 1 aromatic rings. The van der Waals surface area contributed by atoms with Crippen LogP contribution in [0.4, 0.5) is 4.79 Å². The maximum Gasteiger partial charge on any atom is 0.424 e. The summed E-state index contributed by atoms with van der Waals surface area (Å²) < 4.78 is 5.24. The number of ketones is 1. The summed E-state index contributed by atoms with van der Waals surface area (Å²) in [6.07, 6.45) is -1.06. The van der Waals surface area contributed by atoms with Crippen molar-refractivity contribution in [2.24, 2.45) is 11.3 Å². The molecule has 1 fully saturated rings. The average molecular weight is 403 g/mol. The van der Waals surface area contributed by atoms with Gasteiger partial charge in [0.05, 0.1) is 5.60 Å². The van der Waals surface area contributed by atoms with Crippen LogP contribution < -0.4 is 0 Å². The van der Waals surface area contributed by atoms with Gasteiger partial charge in [-0.25, -0.2) is 4.79 Å². The number of Topliss-reactive ketones (excluding diaryl/α,β-unsaturated/α-hetero) is 1. The highest BCUT2D eigenvalue weighted by Gasteiger charge is 2.61. The smallest absolute Gasteiger partial charge is 0.424 e. The Morgan fingerprint density at radius 2 is 1.69 bits per heavy atom. The molecule has 2 rings (SSSR count). The van der Waals surface area contributed by atoms with Gasteiger partial charge in [0.1, 0.15) is 16.9 Å². The molecule has 0 radical (unpaired) electrons. The first-order valence-electron chi connectivity index (χ1n) is 9.66. The summed E-state index contributed by atoms with van der Waals surface area (Å²) in [5.74, 6) is -4.23. The van der Waals surface area contributed by atoms with Crippen LogP contribution in [-0.4, -0.2) is 44.9 Å². The van der Waals surface area contributed by atoms with Crippen molar-refractivity contribution in [1.82, 2.24) is 4.90 Å². The Morgan fingerprint density at radius 1 is 1.14 bits per heavy atom. The van der Waals surface area contributed by atoms with E-state index in [-0.39, 0.29) is 12.8 Å². The summed E-state index contributed by atoms with van der Waals surface area (Å²) in [5.41, 5.74) is -3.66. The second-order valence-electron chi connectivity index (χ2n) is 8.96. The van der Waals surface area contributed by atoms with Crippen LogP contribution in [0.15, 0.2) is 30.3 Å². The SMILES string of the molecule is CCC(C)(O)C1C(=O)N(C(=O)OC(C)(C)C)C(=O)C(C)(Cc2ccccc2)C1=O. The highest BCUT2D eigenvalue weighted by molar-refractivity contribution is 6.28. The molecule has 0 bridgehead atoms. The minimum atomic E-state index is -1.72. The Morgan fingerprint density at radius 3 is 2.17 bits per heavy atom. The first kappa shape index (κ1) is 22.7. The Bertz CT molecular complexity index is 823. The van der Waals surface area contributed by atoms with Gasteiger partial charge in [0.15, 0.2) is 5.78 Å². The Labute approximate surface area is 171 Å². The largest absolute Gasteiger partial charge is 0.443 e. The molecule has 0 aromatic heterocycles. The zero-order valence-electron chi connectivity index (χ0n) is 17.8. The lowest BCUT2D eigenvalue weighted by Crippen LogP contribution is -2.66. The Hall–Kier alpha value is -2.54. The fourth-order valence-corrected chi connectivity index (χ4v) is 3.41. The molecule has 0 spiro atoms. The number of ether oxygens (including phenoxy) is 1. The molecule has 1 heterocycles. The van der Waals surface area contributed by atoms with Crippen molar-refractivity contribution in [3.05, 3.63) is 35.9 Å². The highest BCUT2D eigenvalue weighted by atomic mass is 16.6. The minimum absolute atomic E-state index is 0.00558. The number of carbonyl (C=O) groups excluding carboxylic acids is 4. The predicted octanol–water partition coefficient (Wildman–Crippen LogP) is 2.89. The molecule has 29 heavy (non-hydrogen) atoms. The second-order valence-corrected chi connectivity index (χ2v) is 8.96. The van der Waals surface area contributed by atoms with Crippen LogP contribution in [0, 0.1) is 11.3 Å². The molecule has 0 aliphatic carbocycles. The maximum atomic E-state index is 13.4. The van der Waals surface area contributed by atoms with Crippen LogP contribution in [0.1, 0.15) is 53.5 Å². The van der Waals surface area contributed by atoms with Crippen LogP contribution in [0.3, 0.4) is 0 Å². The number of amides is 3. The minimum Gasteiger partial charge on any atom is -0.443 e. The normalized spacial score (nSPS) is 25.0. The third kappa shape index (κ3) is 4.40. The van der Waals surface area contributed by atoms with Crippen molar-refractivity contribution < 1.29 is 29.0 Å². The van der Waals surface area contributed by atoms with E-state index in [4.69, 9.17) is 4.74 Å². The van der Waals surface area contributed by atoms with Gasteiger partial charge in [-0.1, -0.05) is 37.3 Å². The topological polar surface area (TPSA) is 101 Å². The van der Waals surface area contributed by atoms with Crippen molar-refractivity contribution in [2.75, 3.05) is 0 Å². The van der Waals surface area contributed by atoms with E-state index >= 15 is 0 Å². The first-order chi connectivity index (χ1) is 13.2. The number of nitrogens with zero attached hydrogens (tertiary/aromatic N) is 1. The van der Waals surface area contributed by atoms with Crippen molar-refractivity contribution >= 4 is 23.7 Å². The lowest BCUT2D eigenvalue weighted by Gasteiger charge is -2.43. The summed E-state index contributed by atoms with van der Waals surface area (Å²) in [6.45, 7) is 9.23. The van der Waals surface area contributed by atoms with Crippen molar-refractivity contribution in [1.29, 1.82) is 0 Å². The summed E-state index contributed by atoms with van der Waals surface area (Å²) in [4.78, 5) is 52.8. The molecule has 7 nitrogen and oxygen atoms in total. The van der Waals surface area contributed by atoms with E-state index in [1.54, 1.807) is 58.0 Å². The molecular formula is C22H29NO6. The van der Waals surface area contributed by atoms with E-state index in [0.29, 0.717) is 10.5 Å².